The Morgan fingerprint density at radius 3 is 1.88 bits per heavy atom. The van der Waals surface area contributed by atoms with Crippen LogP contribution in [0.5, 0.6) is 0 Å². The van der Waals surface area contributed by atoms with E-state index < -0.39 is 0 Å². The van der Waals surface area contributed by atoms with E-state index in [4.69, 9.17) is 9.31 Å². The van der Waals surface area contributed by atoms with E-state index in [-0.39, 0.29) is 24.1 Å². The van der Waals surface area contributed by atoms with Crippen LogP contribution < -0.4 is 0 Å². The fraction of sp³-hybridized carbons (Fsp3) is 0.571. The Hall–Kier alpha value is -0.795. The van der Waals surface area contributed by atoms with Crippen LogP contribution in [-0.2, 0) is 9.31 Å². The largest absolute Gasteiger partial charge is 0.465 e. The van der Waals surface area contributed by atoms with Crippen LogP contribution in [0.2, 0.25) is 0 Å². The van der Waals surface area contributed by atoms with Crippen molar-refractivity contribution in [3.8, 4) is 0 Å². The maximum atomic E-state index is 6.06. The summed E-state index contributed by atoms with van der Waals surface area (Å²) in [6.45, 7) is 10.5. The molecular weight excluding hydrogens is 211 g/mol. The summed E-state index contributed by atoms with van der Waals surface area (Å²) in [5, 5.41) is 0. The van der Waals surface area contributed by atoms with Gasteiger partial charge in [0.05, 0.1) is 11.2 Å². The van der Waals surface area contributed by atoms with Crippen LogP contribution in [0.1, 0.15) is 46.0 Å². The highest BCUT2D eigenvalue weighted by Crippen LogP contribution is 2.40. The second-order valence-electron chi connectivity index (χ2n) is 5.82. The van der Waals surface area contributed by atoms with Gasteiger partial charge < -0.3 is 9.31 Å². The van der Waals surface area contributed by atoms with Crippen LogP contribution in [0.3, 0.4) is 0 Å². The van der Waals surface area contributed by atoms with Gasteiger partial charge in [-0.05, 0) is 33.3 Å². The van der Waals surface area contributed by atoms with Crippen molar-refractivity contribution in [2.24, 2.45) is 0 Å². The molecule has 0 spiro atoms. The summed E-state index contributed by atoms with van der Waals surface area (Å²) in [5.41, 5.74) is 0.757. The van der Waals surface area contributed by atoms with E-state index in [0.717, 1.165) is 0 Å². The monoisotopic (exact) mass is 232 g/mol. The summed E-state index contributed by atoms with van der Waals surface area (Å²) < 4.78 is 12.1. The fourth-order valence-electron chi connectivity index (χ4n) is 2.01. The van der Waals surface area contributed by atoms with E-state index in [1.807, 2.05) is 6.07 Å². The standard InChI is InChI=1S/C14H21BO2/c1-11(12-9-7-6-8-10-12)15-16-13(2,3)14(4,5)17-15/h6-11H,1-5H3/t11-/m0/s1. The lowest BCUT2D eigenvalue weighted by molar-refractivity contribution is 0.00578. The molecule has 1 aliphatic rings. The van der Waals surface area contributed by atoms with Crippen molar-refractivity contribution in [3.63, 3.8) is 0 Å². The Morgan fingerprint density at radius 2 is 1.41 bits per heavy atom. The molecule has 0 radical (unpaired) electrons. The Labute approximate surface area is 104 Å². The van der Waals surface area contributed by atoms with E-state index in [1.165, 1.54) is 5.56 Å². The van der Waals surface area contributed by atoms with Crippen molar-refractivity contribution in [2.45, 2.75) is 51.6 Å². The van der Waals surface area contributed by atoms with Gasteiger partial charge in [-0.2, -0.15) is 0 Å². The Balaban J connectivity index is 2.17. The highest BCUT2D eigenvalue weighted by atomic mass is 16.7. The molecule has 0 amide bonds. The molecule has 1 fully saturated rings. The van der Waals surface area contributed by atoms with Crippen molar-refractivity contribution in [1.82, 2.24) is 0 Å². The maximum absolute atomic E-state index is 6.06. The molecule has 0 aliphatic carbocycles. The first-order valence-electron chi connectivity index (χ1n) is 6.24. The third-order valence-corrected chi connectivity index (χ3v) is 4.01. The molecule has 3 heteroatoms. The van der Waals surface area contributed by atoms with Crippen LogP contribution in [0.25, 0.3) is 0 Å². The molecule has 1 saturated heterocycles. The molecule has 0 bridgehead atoms. The van der Waals surface area contributed by atoms with Crippen LogP contribution in [0.4, 0.5) is 0 Å². The van der Waals surface area contributed by atoms with Gasteiger partial charge in [0, 0.05) is 5.82 Å². The van der Waals surface area contributed by atoms with Crippen molar-refractivity contribution in [1.29, 1.82) is 0 Å². The Kier molecular flexibility index (Phi) is 3.09. The first-order valence-corrected chi connectivity index (χ1v) is 6.24. The topological polar surface area (TPSA) is 18.5 Å². The quantitative estimate of drug-likeness (QED) is 0.727. The average molecular weight is 232 g/mol. The number of benzene rings is 1. The predicted octanol–water partition coefficient (Wildman–Crippen LogP) is 3.42. The smallest absolute Gasteiger partial charge is 0.403 e. The van der Waals surface area contributed by atoms with Crippen molar-refractivity contribution < 1.29 is 9.31 Å². The van der Waals surface area contributed by atoms with Crippen LogP contribution in [0, 0.1) is 0 Å². The van der Waals surface area contributed by atoms with Gasteiger partial charge in [-0.3, -0.25) is 0 Å². The lowest BCUT2D eigenvalue weighted by Crippen LogP contribution is -2.41. The highest BCUT2D eigenvalue weighted by molar-refractivity contribution is 6.47. The second kappa shape index (κ2) is 4.15. The predicted molar refractivity (Wildman–Crippen MR) is 70.9 cm³/mol. The van der Waals surface area contributed by atoms with Gasteiger partial charge in [0.1, 0.15) is 0 Å². The molecule has 1 atom stereocenters. The third kappa shape index (κ3) is 2.27. The van der Waals surface area contributed by atoms with E-state index in [2.05, 4.69) is 58.9 Å². The first kappa shape index (κ1) is 12.7. The summed E-state index contributed by atoms with van der Waals surface area (Å²) >= 11 is 0. The van der Waals surface area contributed by atoms with E-state index in [9.17, 15) is 0 Å². The Bertz CT molecular complexity index is 370. The normalized spacial score (nSPS) is 23.7. The lowest BCUT2D eigenvalue weighted by atomic mass is 9.69. The van der Waals surface area contributed by atoms with Gasteiger partial charge in [-0.15, -0.1) is 0 Å². The maximum Gasteiger partial charge on any atom is 0.465 e. The van der Waals surface area contributed by atoms with Crippen LogP contribution in [-0.4, -0.2) is 18.3 Å². The van der Waals surface area contributed by atoms with Crippen LogP contribution in [0.15, 0.2) is 30.3 Å². The number of rotatable bonds is 2. The minimum absolute atomic E-state index is 0.164. The highest BCUT2D eigenvalue weighted by Gasteiger charge is 2.52. The van der Waals surface area contributed by atoms with Crippen molar-refractivity contribution in [2.75, 3.05) is 0 Å². The summed E-state index contributed by atoms with van der Waals surface area (Å²) in [7, 11) is -0.164. The van der Waals surface area contributed by atoms with E-state index >= 15 is 0 Å². The molecule has 17 heavy (non-hydrogen) atoms. The molecule has 1 aromatic rings. The molecule has 92 valence electrons. The van der Waals surface area contributed by atoms with Gasteiger partial charge in [0.25, 0.3) is 0 Å². The van der Waals surface area contributed by atoms with Crippen molar-refractivity contribution in [3.05, 3.63) is 35.9 Å². The minimum atomic E-state index is -0.249. The van der Waals surface area contributed by atoms with Gasteiger partial charge >= 0.3 is 7.12 Å². The molecular formula is C14H21BO2. The molecule has 0 unspecified atom stereocenters. The zero-order valence-electron chi connectivity index (χ0n) is 11.4. The van der Waals surface area contributed by atoms with E-state index in [1.54, 1.807) is 0 Å². The van der Waals surface area contributed by atoms with E-state index in [0.29, 0.717) is 0 Å². The summed E-state index contributed by atoms with van der Waals surface area (Å²) in [4.78, 5) is 0. The number of hydrogen-bond acceptors (Lipinski definition) is 2. The zero-order chi connectivity index (χ0) is 12.7. The molecule has 2 rings (SSSR count). The molecule has 1 aliphatic heterocycles. The van der Waals surface area contributed by atoms with Crippen LogP contribution >= 0.6 is 0 Å². The lowest BCUT2D eigenvalue weighted by Gasteiger charge is -2.32. The molecule has 1 heterocycles. The zero-order valence-corrected chi connectivity index (χ0v) is 11.4. The molecule has 1 aromatic carbocycles. The molecule has 2 nitrogen and oxygen atoms in total. The molecule has 0 N–H and O–H groups in total. The SMILES string of the molecule is C[C@H](B1OC(C)(C)C(C)(C)O1)c1ccccc1. The summed E-state index contributed by atoms with van der Waals surface area (Å²) in [5.74, 6) is 0.247. The molecule has 0 aromatic heterocycles. The van der Waals surface area contributed by atoms with Crippen molar-refractivity contribution >= 4 is 7.12 Å². The van der Waals surface area contributed by atoms with Gasteiger partial charge in [0.2, 0.25) is 0 Å². The minimum Gasteiger partial charge on any atom is -0.403 e. The van der Waals surface area contributed by atoms with Gasteiger partial charge in [-0.25, -0.2) is 0 Å². The number of hydrogen-bond donors (Lipinski definition) is 0. The molecule has 0 saturated carbocycles. The first-order chi connectivity index (χ1) is 7.83. The Morgan fingerprint density at radius 1 is 0.941 bits per heavy atom. The third-order valence-electron chi connectivity index (χ3n) is 4.01. The fourth-order valence-corrected chi connectivity index (χ4v) is 2.01. The second-order valence-corrected chi connectivity index (χ2v) is 5.82. The van der Waals surface area contributed by atoms with Gasteiger partial charge in [0.15, 0.2) is 0 Å². The average Bonchev–Trinajstić information content (AvgIpc) is 2.48. The summed E-state index contributed by atoms with van der Waals surface area (Å²) in [6.07, 6.45) is 0. The van der Waals surface area contributed by atoms with Gasteiger partial charge in [-0.1, -0.05) is 37.3 Å². The summed E-state index contributed by atoms with van der Waals surface area (Å²) in [6, 6.07) is 10.4.